The summed E-state index contributed by atoms with van der Waals surface area (Å²) in [4.78, 5) is 0. The van der Waals surface area contributed by atoms with Crippen molar-refractivity contribution in [2.24, 2.45) is 0 Å². The number of hydrogen-bond donors (Lipinski definition) is 1. The van der Waals surface area contributed by atoms with Crippen LogP contribution in [0, 0.1) is 0 Å². The summed E-state index contributed by atoms with van der Waals surface area (Å²) >= 11 is 6.21. The lowest BCUT2D eigenvalue weighted by Crippen LogP contribution is -2.32. The van der Waals surface area contributed by atoms with E-state index in [0.717, 1.165) is 30.8 Å². The molecule has 1 rings (SSSR count). The first-order valence-corrected chi connectivity index (χ1v) is 7.04. The van der Waals surface area contributed by atoms with Crippen LogP contribution in [0.1, 0.15) is 32.3 Å². The van der Waals surface area contributed by atoms with Crippen molar-refractivity contribution in [3.8, 4) is 0 Å². The molecule has 2 atom stereocenters. The molecule has 0 spiro atoms. The fraction of sp³-hybridized carbons (Fsp3) is 0.600. The molecular weight excluding hydrogens is 246 g/mol. The summed E-state index contributed by atoms with van der Waals surface area (Å²) < 4.78 is 5.30. The molecule has 0 fully saturated rings. The zero-order valence-corrected chi connectivity index (χ0v) is 12.3. The van der Waals surface area contributed by atoms with Crippen molar-refractivity contribution >= 4 is 11.6 Å². The highest BCUT2D eigenvalue weighted by Crippen LogP contribution is 2.18. The predicted molar refractivity (Wildman–Crippen MR) is 78.3 cm³/mol. The van der Waals surface area contributed by atoms with Crippen molar-refractivity contribution in [1.29, 1.82) is 0 Å². The fourth-order valence-electron chi connectivity index (χ4n) is 2.05. The first-order chi connectivity index (χ1) is 8.67. The molecule has 0 amide bonds. The van der Waals surface area contributed by atoms with Crippen LogP contribution in [0.4, 0.5) is 0 Å². The predicted octanol–water partition coefficient (Wildman–Crippen LogP) is 3.68. The highest BCUT2D eigenvalue weighted by Gasteiger charge is 2.12. The van der Waals surface area contributed by atoms with Gasteiger partial charge in [0.2, 0.25) is 0 Å². The van der Waals surface area contributed by atoms with Gasteiger partial charge in [-0.05, 0) is 44.4 Å². The number of benzene rings is 1. The number of ether oxygens (including phenoxy) is 1. The van der Waals surface area contributed by atoms with Gasteiger partial charge in [0.15, 0.2) is 0 Å². The van der Waals surface area contributed by atoms with Gasteiger partial charge < -0.3 is 10.1 Å². The van der Waals surface area contributed by atoms with E-state index in [0.29, 0.717) is 12.1 Å². The van der Waals surface area contributed by atoms with Gasteiger partial charge in [0.1, 0.15) is 0 Å². The van der Waals surface area contributed by atoms with Crippen LogP contribution in [-0.2, 0) is 11.2 Å². The monoisotopic (exact) mass is 269 g/mol. The third-order valence-electron chi connectivity index (χ3n) is 3.24. The first kappa shape index (κ1) is 15.5. The summed E-state index contributed by atoms with van der Waals surface area (Å²) in [6.07, 6.45) is 3.47. The molecule has 0 saturated heterocycles. The Hall–Kier alpha value is -0.570. The Bertz CT molecular complexity index is 343. The molecule has 102 valence electrons. The molecule has 3 heteroatoms. The lowest BCUT2D eigenvalue weighted by molar-refractivity contribution is 0.106. The number of rotatable bonds is 8. The summed E-state index contributed by atoms with van der Waals surface area (Å²) in [6.45, 7) is 5.23. The molecule has 1 aromatic rings. The third-order valence-corrected chi connectivity index (χ3v) is 3.61. The number of hydrogen-bond acceptors (Lipinski definition) is 2. The average Bonchev–Trinajstić information content (AvgIpc) is 2.38. The van der Waals surface area contributed by atoms with E-state index in [1.807, 2.05) is 18.2 Å². The molecule has 0 aromatic heterocycles. The van der Waals surface area contributed by atoms with E-state index in [9.17, 15) is 0 Å². The molecular formula is C15H24ClNO. The Balaban J connectivity index is 2.54. The average molecular weight is 270 g/mol. The van der Waals surface area contributed by atoms with Crippen molar-refractivity contribution in [3.63, 3.8) is 0 Å². The lowest BCUT2D eigenvalue weighted by atomic mass is 10.0. The third kappa shape index (κ3) is 5.38. The smallest absolute Gasteiger partial charge is 0.0543 e. The molecule has 0 aliphatic heterocycles. The summed E-state index contributed by atoms with van der Waals surface area (Å²) in [5, 5.41) is 4.38. The van der Waals surface area contributed by atoms with Crippen molar-refractivity contribution in [3.05, 3.63) is 34.9 Å². The van der Waals surface area contributed by atoms with Gasteiger partial charge in [-0.2, -0.15) is 0 Å². The number of nitrogens with one attached hydrogen (secondary N) is 1. The molecule has 0 aliphatic rings. The van der Waals surface area contributed by atoms with Gasteiger partial charge in [-0.15, -0.1) is 0 Å². The molecule has 1 aromatic carbocycles. The molecule has 0 saturated carbocycles. The van der Waals surface area contributed by atoms with E-state index in [1.165, 1.54) is 5.56 Å². The minimum Gasteiger partial charge on any atom is -0.382 e. The van der Waals surface area contributed by atoms with Crippen molar-refractivity contribution < 1.29 is 4.74 Å². The number of halogens is 1. The Morgan fingerprint density at radius 1 is 1.28 bits per heavy atom. The second-order valence-electron chi connectivity index (χ2n) is 4.67. The molecule has 2 unspecified atom stereocenters. The van der Waals surface area contributed by atoms with Crippen LogP contribution in [-0.4, -0.2) is 25.8 Å². The maximum atomic E-state index is 6.21. The minimum absolute atomic E-state index is 0.317. The van der Waals surface area contributed by atoms with Gasteiger partial charge >= 0.3 is 0 Å². The van der Waals surface area contributed by atoms with Crippen LogP contribution in [0.25, 0.3) is 0 Å². The quantitative estimate of drug-likeness (QED) is 0.777. The molecule has 2 nitrogen and oxygen atoms in total. The Morgan fingerprint density at radius 2 is 2.00 bits per heavy atom. The normalized spacial score (nSPS) is 14.4. The van der Waals surface area contributed by atoms with E-state index < -0.39 is 0 Å². The van der Waals surface area contributed by atoms with Gasteiger partial charge in [0.25, 0.3) is 0 Å². The van der Waals surface area contributed by atoms with Gasteiger partial charge in [-0.25, -0.2) is 0 Å². The lowest BCUT2D eigenvalue weighted by Gasteiger charge is -2.20. The maximum Gasteiger partial charge on any atom is 0.0543 e. The molecule has 0 aliphatic carbocycles. The Labute approximate surface area is 116 Å². The van der Waals surface area contributed by atoms with Crippen LogP contribution >= 0.6 is 11.6 Å². The van der Waals surface area contributed by atoms with Crippen LogP contribution in [0.15, 0.2) is 24.3 Å². The summed E-state index contributed by atoms with van der Waals surface area (Å²) in [5.74, 6) is 0. The zero-order chi connectivity index (χ0) is 13.4. The molecule has 0 heterocycles. The van der Waals surface area contributed by atoms with Crippen LogP contribution < -0.4 is 5.32 Å². The molecule has 18 heavy (non-hydrogen) atoms. The van der Waals surface area contributed by atoms with E-state index in [4.69, 9.17) is 16.3 Å². The van der Waals surface area contributed by atoms with Crippen molar-refractivity contribution in [2.75, 3.05) is 13.7 Å². The summed E-state index contributed by atoms with van der Waals surface area (Å²) in [5.41, 5.74) is 1.22. The van der Waals surface area contributed by atoms with Gasteiger partial charge in [-0.1, -0.05) is 36.7 Å². The second kappa shape index (κ2) is 8.52. The highest BCUT2D eigenvalue weighted by atomic mass is 35.5. The van der Waals surface area contributed by atoms with E-state index >= 15 is 0 Å². The maximum absolute atomic E-state index is 6.21. The second-order valence-corrected chi connectivity index (χ2v) is 5.08. The minimum atomic E-state index is 0.317. The number of likely N-dealkylation sites (N-methyl/N-ethyl adjacent to an activating group) is 1. The summed E-state index contributed by atoms with van der Waals surface area (Å²) in [6, 6.07) is 8.54. The molecule has 0 radical (unpaired) electrons. The SMILES string of the molecule is CCNC(CCC(C)OC)Cc1ccccc1Cl. The topological polar surface area (TPSA) is 21.3 Å². The standard InChI is InChI=1S/C15H24ClNO/c1-4-17-14(10-9-12(2)18-3)11-13-7-5-6-8-15(13)16/h5-8,12,14,17H,4,9-11H2,1-3H3. The van der Waals surface area contributed by atoms with Crippen LogP contribution in [0.2, 0.25) is 5.02 Å². The molecule has 1 N–H and O–H groups in total. The van der Waals surface area contributed by atoms with E-state index in [1.54, 1.807) is 7.11 Å². The largest absolute Gasteiger partial charge is 0.382 e. The summed E-state index contributed by atoms with van der Waals surface area (Å²) in [7, 11) is 1.76. The van der Waals surface area contributed by atoms with Crippen molar-refractivity contribution in [2.45, 2.75) is 45.3 Å². The zero-order valence-electron chi connectivity index (χ0n) is 11.6. The van der Waals surface area contributed by atoms with E-state index in [2.05, 4.69) is 25.2 Å². The van der Waals surface area contributed by atoms with Gasteiger partial charge in [0, 0.05) is 18.2 Å². The van der Waals surface area contributed by atoms with Crippen LogP contribution in [0.3, 0.4) is 0 Å². The number of methoxy groups -OCH3 is 1. The van der Waals surface area contributed by atoms with Crippen molar-refractivity contribution in [1.82, 2.24) is 5.32 Å². The van der Waals surface area contributed by atoms with Gasteiger partial charge in [-0.3, -0.25) is 0 Å². The van der Waals surface area contributed by atoms with Gasteiger partial charge in [0.05, 0.1) is 6.10 Å². The van der Waals surface area contributed by atoms with Crippen LogP contribution in [0.5, 0.6) is 0 Å². The first-order valence-electron chi connectivity index (χ1n) is 6.67. The Morgan fingerprint density at radius 3 is 2.61 bits per heavy atom. The fourth-order valence-corrected chi connectivity index (χ4v) is 2.26. The van der Waals surface area contributed by atoms with E-state index in [-0.39, 0.29) is 0 Å². The molecule has 0 bridgehead atoms. The highest BCUT2D eigenvalue weighted by molar-refractivity contribution is 6.31. The Kier molecular flexibility index (Phi) is 7.33.